The number of halogens is 2. The Hall–Kier alpha value is -2.96. The Bertz CT molecular complexity index is 747. The van der Waals surface area contributed by atoms with Gasteiger partial charge in [0.25, 0.3) is 0 Å². The zero-order chi connectivity index (χ0) is 17.1. The molecular formula is C17H15F2N3O2. The number of urea groups is 1. The van der Waals surface area contributed by atoms with Crippen LogP contribution in [0.1, 0.15) is 6.42 Å². The van der Waals surface area contributed by atoms with E-state index in [0.29, 0.717) is 17.9 Å². The van der Waals surface area contributed by atoms with Crippen molar-refractivity contribution in [3.8, 4) is 0 Å². The lowest BCUT2D eigenvalue weighted by molar-refractivity contribution is -0.117. The van der Waals surface area contributed by atoms with Crippen molar-refractivity contribution in [3.63, 3.8) is 0 Å². The molecule has 0 saturated carbocycles. The molecule has 0 radical (unpaired) electrons. The Balaban J connectivity index is 1.58. The van der Waals surface area contributed by atoms with Gasteiger partial charge >= 0.3 is 6.03 Å². The van der Waals surface area contributed by atoms with Crippen LogP contribution in [0.4, 0.5) is 25.0 Å². The van der Waals surface area contributed by atoms with Crippen LogP contribution in [0, 0.1) is 11.6 Å². The molecule has 0 aliphatic carbocycles. The first-order valence-corrected chi connectivity index (χ1v) is 7.40. The molecule has 0 bridgehead atoms. The molecule has 2 N–H and O–H groups in total. The summed E-state index contributed by atoms with van der Waals surface area (Å²) in [5.41, 5.74) is 1.04. The fraction of sp³-hybridized carbons (Fsp3) is 0.176. The third-order valence-corrected chi connectivity index (χ3v) is 3.70. The van der Waals surface area contributed by atoms with E-state index in [1.165, 1.54) is 53.4 Å². The van der Waals surface area contributed by atoms with Gasteiger partial charge in [0, 0.05) is 24.3 Å². The van der Waals surface area contributed by atoms with Crippen molar-refractivity contribution < 1.29 is 18.4 Å². The normalized spacial score (nSPS) is 17.0. The van der Waals surface area contributed by atoms with Gasteiger partial charge in [-0.1, -0.05) is 0 Å². The van der Waals surface area contributed by atoms with E-state index >= 15 is 0 Å². The van der Waals surface area contributed by atoms with Crippen molar-refractivity contribution in [2.24, 2.45) is 0 Å². The maximum absolute atomic E-state index is 13.0. The molecule has 0 aromatic heterocycles. The van der Waals surface area contributed by atoms with Gasteiger partial charge < -0.3 is 15.5 Å². The molecule has 1 aliphatic rings. The summed E-state index contributed by atoms with van der Waals surface area (Å²) in [4.78, 5) is 25.5. The van der Waals surface area contributed by atoms with Gasteiger partial charge in [0.05, 0.1) is 6.04 Å². The van der Waals surface area contributed by atoms with Crippen LogP contribution in [-0.2, 0) is 4.79 Å². The number of nitrogens with one attached hydrogen (secondary N) is 2. The van der Waals surface area contributed by atoms with Crippen molar-refractivity contribution >= 4 is 23.3 Å². The minimum absolute atomic E-state index is 0.145. The topological polar surface area (TPSA) is 61.4 Å². The third kappa shape index (κ3) is 3.68. The maximum atomic E-state index is 13.0. The van der Waals surface area contributed by atoms with E-state index in [1.54, 1.807) is 0 Å². The van der Waals surface area contributed by atoms with Gasteiger partial charge in [-0.2, -0.15) is 0 Å². The van der Waals surface area contributed by atoms with E-state index in [0.717, 1.165) is 0 Å². The SMILES string of the molecule is O=C(Nc1ccc(F)cc1)NC1CC(=O)N(c2ccc(F)cc2)C1. The summed E-state index contributed by atoms with van der Waals surface area (Å²) in [5.74, 6) is -0.912. The second-order valence-electron chi connectivity index (χ2n) is 5.49. The number of hydrogen-bond donors (Lipinski definition) is 2. The molecule has 1 aliphatic heterocycles. The van der Waals surface area contributed by atoms with Crippen molar-refractivity contribution in [3.05, 3.63) is 60.2 Å². The molecule has 7 heteroatoms. The smallest absolute Gasteiger partial charge is 0.319 e. The Labute approximate surface area is 137 Å². The number of rotatable bonds is 3. The highest BCUT2D eigenvalue weighted by Gasteiger charge is 2.31. The van der Waals surface area contributed by atoms with Crippen molar-refractivity contribution in [2.75, 3.05) is 16.8 Å². The minimum atomic E-state index is -0.472. The number of anilines is 2. The van der Waals surface area contributed by atoms with Crippen LogP contribution in [0.15, 0.2) is 48.5 Å². The lowest BCUT2D eigenvalue weighted by Crippen LogP contribution is -2.39. The number of hydrogen-bond acceptors (Lipinski definition) is 2. The zero-order valence-electron chi connectivity index (χ0n) is 12.6. The summed E-state index contributed by atoms with van der Waals surface area (Å²) in [6, 6.07) is 10.1. The predicted octanol–water partition coefficient (Wildman–Crippen LogP) is 2.89. The van der Waals surface area contributed by atoms with Gasteiger partial charge in [0.15, 0.2) is 0 Å². The molecule has 3 rings (SSSR count). The number of carbonyl (C=O) groups excluding carboxylic acids is 2. The third-order valence-electron chi connectivity index (χ3n) is 3.70. The fourth-order valence-electron chi connectivity index (χ4n) is 2.56. The molecule has 2 aromatic carbocycles. The van der Waals surface area contributed by atoms with Gasteiger partial charge in [0.2, 0.25) is 5.91 Å². The molecule has 3 amide bonds. The van der Waals surface area contributed by atoms with Crippen molar-refractivity contribution in [1.29, 1.82) is 0 Å². The first-order chi connectivity index (χ1) is 11.5. The fourth-order valence-corrected chi connectivity index (χ4v) is 2.56. The first-order valence-electron chi connectivity index (χ1n) is 7.40. The molecule has 2 aromatic rings. The van der Waals surface area contributed by atoms with E-state index in [1.807, 2.05) is 0 Å². The molecule has 124 valence electrons. The maximum Gasteiger partial charge on any atom is 0.319 e. The Morgan fingerprint density at radius 2 is 1.58 bits per heavy atom. The number of benzene rings is 2. The van der Waals surface area contributed by atoms with E-state index in [-0.39, 0.29) is 24.2 Å². The quantitative estimate of drug-likeness (QED) is 0.908. The number of nitrogens with zero attached hydrogens (tertiary/aromatic N) is 1. The summed E-state index contributed by atoms with van der Waals surface area (Å²) >= 11 is 0. The van der Waals surface area contributed by atoms with Crippen molar-refractivity contribution in [2.45, 2.75) is 12.5 Å². The molecule has 1 unspecified atom stereocenters. The summed E-state index contributed by atoms with van der Waals surface area (Å²) in [6.45, 7) is 0.307. The summed E-state index contributed by atoms with van der Waals surface area (Å²) < 4.78 is 25.8. The predicted molar refractivity (Wildman–Crippen MR) is 85.7 cm³/mol. The molecule has 1 atom stereocenters. The average Bonchev–Trinajstić information content (AvgIpc) is 2.90. The Kier molecular flexibility index (Phi) is 4.41. The van der Waals surface area contributed by atoms with E-state index in [2.05, 4.69) is 10.6 Å². The molecule has 1 fully saturated rings. The Morgan fingerprint density at radius 1 is 1.00 bits per heavy atom. The minimum Gasteiger partial charge on any atom is -0.333 e. The van der Waals surface area contributed by atoms with Gasteiger partial charge in [-0.25, -0.2) is 13.6 Å². The lowest BCUT2D eigenvalue weighted by Gasteiger charge is -2.17. The van der Waals surface area contributed by atoms with Crippen LogP contribution in [0.2, 0.25) is 0 Å². The van der Waals surface area contributed by atoms with Crippen LogP contribution in [0.3, 0.4) is 0 Å². The molecule has 1 saturated heterocycles. The van der Waals surface area contributed by atoms with Crippen LogP contribution < -0.4 is 15.5 Å². The molecule has 24 heavy (non-hydrogen) atoms. The van der Waals surface area contributed by atoms with Crippen LogP contribution in [-0.4, -0.2) is 24.5 Å². The van der Waals surface area contributed by atoms with Crippen molar-refractivity contribution in [1.82, 2.24) is 5.32 Å². The van der Waals surface area contributed by atoms with Crippen LogP contribution in [0.25, 0.3) is 0 Å². The monoisotopic (exact) mass is 331 g/mol. The molecule has 0 spiro atoms. The Morgan fingerprint density at radius 3 is 2.21 bits per heavy atom. The number of amides is 3. The first kappa shape index (κ1) is 15.9. The summed E-state index contributed by atoms with van der Waals surface area (Å²) in [5, 5.41) is 5.28. The molecular weight excluding hydrogens is 316 g/mol. The molecule has 1 heterocycles. The van der Waals surface area contributed by atoms with E-state index in [4.69, 9.17) is 0 Å². The highest BCUT2D eigenvalue weighted by molar-refractivity contribution is 5.97. The number of carbonyl (C=O) groups is 2. The van der Waals surface area contributed by atoms with E-state index in [9.17, 15) is 18.4 Å². The largest absolute Gasteiger partial charge is 0.333 e. The van der Waals surface area contributed by atoms with Gasteiger partial charge in [-0.15, -0.1) is 0 Å². The second-order valence-corrected chi connectivity index (χ2v) is 5.49. The van der Waals surface area contributed by atoms with E-state index < -0.39 is 11.8 Å². The standard InChI is InChI=1S/C17H15F2N3O2/c18-11-1-5-13(6-2-11)20-17(24)21-14-9-16(23)22(10-14)15-7-3-12(19)4-8-15/h1-8,14H,9-10H2,(H2,20,21,24). The lowest BCUT2D eigenvalue weighted by atomic mass is 10.2. The van der Waals surface area contributed by atoms with Gasteiger partial charge in [0.1, 0.15) is 11.6 Å². The average molecular weight is 331 g/mol. The molecule has 5 nitrogen and oxygen atoms in total. The van der Waals surface area contributed by atoms with Crippen LogP contribution >= 0.6 is 0 Å². The second kappa shape index (κ2) is 6.66. The highest BCUT2D eigenvalue weighted by Crippen LogP contribution is 2.22. The summed E-state index contributed by atoms with van der Waals surface area (Å²) in [7, 11) is 0. The van der Waals surface area contributed by atoms with Gasteiger partial charge in [-0.05, 0) is 48.5 Å². The van der Waals surface area contributed by atoms with Crippen LogP contribution in [0.5, 0.6) is 0 Å². The zero-order valence-corrected chi connectivity index (χ0v) is 12.6. The summed E-state index contributed by atoms with van der Waals surface area (Å²) in [6.07, 6.45) is 0.161. The van der Waals surface area contributed by atoms with Gasteiger partial charge in [-0.3, -0.25) is 4.79 Å². The highest BCUT2D eigenvalue weighted by atomic mass is 19.1.